The van der Waals surface area contributed by atoms with Gasteiger partial charge in [0.05, 0.1) is 6.21 Å². The second-order valence-corrected chi connectivity index (χ2v) is 8.46. The van der Waals surface area contributed by atoms with Crippen molar-refractivity contribution in [3.05, 3.63) is 114 Å². The van der Waals surface area contributed by atoms with Crippen LogP contribution in [0.2, 0.25) is 0 Å². The highest BCUT2D eigenvalue weighted by atomic mass is 16.5. The molecule has 0 atom stereocenters. The van der Waals surface area contributed by atoms with Crippen LogP contribution in [0.4, 0.5) is 0 Å². The fourth-order valence-corrected chi connectivity index (χ4v) is 4.22. The normalized spacial score (nSPS) is 14.7. The number of ether oxygens (including phenoxy) is 1. The van der Waals surface area contributed by atoms with Gasteiger partial charge >= 0.3 is 0 Å². The Bertz CT molecular complexity index is 1190. The standard InChI is InChI=1S/C29H29N3O/c1-2-7-25(8-3-1)23-33-28-15-13-24(14-16-28)21-30-32-19-17-31(18-20-32)22-27-11-6-10-26-9-4-5-12-29(26)27/h1-16,21H,17-20,22-23H2/b30-21+. The molecular weight excluding hydrogens is 406 g/mol. The molecule has 1 fully saturated rings. The molecule has 0 N–H and O–H groups in total. The SMILES string of the molecule is C(=N\N1CCN(Cc2cccc3ccccc23)CC1)/c1ccc(OCc2ccccc2)cc1. The van der Waals surface area contributed by atoms with E-state index < -0.39 is 0 Å². The Hall–Kier alpha value is -3.63. The third-order valence-corrected chi connectivity index (χ3v) is 6.12. The van der Waals surface area contributed by atoms with Gasteiger partial charge in [0, 0.05) is 32.7 Å². The summed E-state index contributed by atoms with van der Waals surface area (Å²) < 4.78 is 5.87. The minimum atomic E-state index is 0.581. The highest BCUT2D eigenvalue weighted by Gasteiger charge is 2.16. The highest BCUT2D eigenvalue weighted by molar-refractivity contribution is 5.85. The molecule has 4 heteroatoms. The van der Waals surface area contributed by atoms with E-state index >= 15 is 0 Å². The zero-order valence-corrected chi connectivity index (χ0v) is 18.8. The van der Waals surface area contributed by atoms with Gasteiger partial charge < -0.3 is 4.74 Å². The Morgan fingerprint density at radius 1 is 0.727 bits per heavy atom. The fraction of sp³-hybridized carbons (Fsp3) is 0.207. The third-order valence-electron chi connectivity index (χ3n) is 6.12. The Morgan fingerprint density at radius 3 is 2.27 bits per heavy atom. The summed E-state index contributed by atoms with van der Waals surface area (Å²) in [6.07, 6.45) is 1.95. The van der Waals surface area contributed by atoms with Crippen LogP contribution in [0.1, 0.15) is 16.7 Å². The van der Waals surface area contributed by atoms with Crippen LogP contribution >= 0.6 is 0 Å². The van der Waals surface area contributed by atoms with Gasteiger partial charge in [-0.2, -0.15) is 5.10 Å². The zero-order chi connectivity index (χ0) is 22.3. The summed E-state index contributed by atoms with van der Waals surface area (Å²) in [5.41, 5.74) is 3.66. The van der Waals surface area contributed by atoms with Crippen molar-refractivity contribution in [2.24, 2.45) is 5.10 Å². The molecule has 4 aromatic rings. The number of rotatable bonds is 7. The number of benzene rings is 4. The zero-order valence-electron chi connectivity index (χ0n) is 18.8. The number of hydrogen-bond donors (Lipinski definition) is 0. The number of fused-ring (bicyclic) bond motifs is 1. The lowest BCUT2D eigenvalue weighted by Crippen LogP contribution is -2.43. The molecule has 4 aromatic carbocycles. The molecule has 0 aliphatic carbocycles. The van der Waals surface area contributed by atoms with E-state index in [0.29, 0.717) is 6.61 Å². The average molecular weight is 436 g/mol. The summed E-state index contributed by atoms with van der Waals surface area (Å²) in [5, 5.41) is 9.55. The monoisotopic (exact) mass is 435 g/mol. The van der Waals surface area contributed by atoms with Gasteiger partial charge in [-0.1, -0.05) is 72.8 Å². The second kappa shape index (κ2) is 10.3. The minimum Gasteiger partial charge on any atom is -0.489 e. The van der Waals surface area contributed by atoms with Gasteiger partial charge in [0.15, 0.2) is 0 Å². The van der Waals surface area contributed by atoms with Crippen LogP contribution in [0.25, 0.3) is 10.8 Å². The summed E-state index contributed by atoms with van der Waals surface area (Å²) in [4.78, 5) is 2.52. The fourth-order valence-electron chi connectivity index (χ4n) is 4.22. The predicted octanol–water partition coefficient (Wildman–Crippen LogP) is 5.57. The molecule has 166 valence electrons. The first-order valence-electron chi connectivity index (χ1n) is 11.6. The number of nitrogens with zero attached hydrogens (tertiary/aromatic N) is 3. The highest BCUT2D eigenvalue weighted by Crippen LogP contribution is 2.20. The Balaban J connectivity index is 1.11. The maximum Gasteiger partial charge on any atom is 0.119 e. The molecule has 0 amide bonds. The van der Waals surface area contributed by atoms with Gasteiger partial charge in [0.25, 0.3) is 0 Å². The van der Waals surface area contributed by atoms with Crippen molar-refractivity contribution in [1.82, 2.24) is 9.91 Å². The number of hydrogen-bond acceptors (Lipinski definition) is 4. The summed E-state index contributed by atoms with van der Waals surface area (Å²) in [6.45, 7) is 5.50. The molecule has 0 radical (unpaired) electrons. The smallest absolute Gasteiger partial charge is 0.119 e. The van der Waals surface area contributed by atoms with Crippen LogP contribution < -0.4 is 4.74 Å². The first kappa shape index (κ1) is 21.2. The van der Waals surface area contributed by atoms with E-state index in [1.54, 1.807) is 0 Å². The number of hydrazone groups is 1. The third kappa shape index (κ3) is 5.60. The van der Waals surface area contributed by atoms with Crippen molar-refractivity contribution in [2.45, 2.75) is 13.2 Å². The molecule has 0 aromatic heterocycles. The van der Waals surface area contributed by atoms with E-state index in [2.05, 4.69) is 76.6 Å². The predicted molar refractivity (Wildman–Crippen MR) is 136 cm³/mol. The van der Waals surface area contributed by atoms with Crippen molar-refractivity contribution >= 4 is 17.0 Å². The van der Waals surface area contributed by atoms with Gasteiger partial charge in [0.2, 0.25) is 0 Å². The van der Waals surface area contributed by atoms with Crippen LogP contribution in [0.3, 0.4) is 0 Å². The molecule has 1 heterocycles. The summed E-state index contributed by atoms with van der Waals surface area (Å²) in [5.74, 6) is 0.873. The molecule has 4 nitrogen and oxygen atoms in total. The molecule has 1 saturated heterocycles. The first-order chi connectivity index (χ1) is 16.3. The molecule has 0 saturated carbocycles. The van der Waals surface area contributed by atoms with Crippen molar-refractivity contribution in [1.29, 1.82) is 0 Å². The van der Waals surface area contributed by atoms with E-state index in [1.807, 2.05) is 36.5 Å². The minimum absolute atomic E-state index is 0.581. The van der Waals surface area contributed by atoms with Crippen LogP contribution in [0, 0.1) is 0 Å². The van der Waals surface area contributed by atoms with E-state index in [-0.39, 0.29) is 0 Å². The van der Waals surface area contributed by atoms with Crippen LogP contribution in [-0.4, -0.2) is 42.3 Å². The molecule has 1 aliphatic rings. The molecule has 0 bridgehead atoms. The van der Waals surface area contributed by atoms with Crippen molar-refractivity contribution in [3.8, 4) is 5.75 Å². The number of piperazine rings is 1. The van der Waals surface area contributed by atoms with Crippen molar-refractivity contribution < 1.29 is 4.74 Å². The van der Waals surface area contributed by atoms with E-state index in [4.69, 9.17) is 9.84 Å². The van der Waals surface area contributed by atoms with Gasteiger partial charge in [0.1, 0.15) is 12.4 Å². The largest absolute Gasteiger partial charge is 0.489 e. The van der Waals surface area contributed by atoms with E-state index in [1.165, 1.54) is 21.9 Å². The lowest BCUT2D eigenvalue weighted by molar-refractivity contribution is 0.131. The van der Waals surface area contributed by atoms with E-state index in [9.17, 15) is 0 Å². The molecule has 1 aliphatic heterocycles. The molecular formula is C29H29N3O. The molecule has 0 unspecified atom stereocenters. The van der Waals surface area contributed by atoms with Gasteiger partial charge in [-0.15, -0.1) is 0 Å². The van der Waals surface area contributed by atoms with Crippen molar-refractivity contribution in [3.63, 3.8) is 0 Å². The Kier molecular flexibility index (Phi) is 6.64. The van der Waals surface area contributed by atoms with Gasteiger partial charge in [-0.05, 0) is 51.7 Å². The van der Waals surface area contributed by atoms with Gasteiger partial charge in [-0.25, -0.2) is 0 Å². The Morgan fingerprint density at radius 2 is 1.45 bits per heavy atom. The van der Waals surface area contributed by atoms with Crippen LogP contribution in [-0.2, 0) is 13.2 Å². The summed E-state index contributed by atoms with van der Waals surface area (Å²) in [7, 11) is 0. The molecule has 0 spiro atoms. The molecule has 5 rings (SSSR count). The quantitative estimate of drug-likeness (QED) is 0.355. The average Bonchev–Trinajstić information content (AvgIpc) is 2.88. The maximum atomic E-state index is 5.87. The maximum absolute atomic E-state index is 5.87. The topological polar surface area (TPSA) is 28.1 Å². The van der Waals surface area contributed by atoms with Crippen LogP contribution in [0.5, 0.6) is 5.75 Å². The first-order valence-corrected chi connectivity index (χ1v) is 11.6. The van der Waals surface area contributed by atoms with E-state index in [0.717, 1.165) is 44.0 Å². The Labute approximate surface area is 195 Å². The summed E-state index contributed by atoms with van der Waals surface area (Å²) in [6, 6.07) is 33.6. The molecule has 33 heavy (non-hydrogen) atoms. The van der Waals surface area contributed by atoms with Crippen molar-refractivity contribution in [2.75, 3.05) is 26.2 Å². The lowest BCUT2D eigenvalue weighted by atomic mass is 10.0. The van der Waals surface area contributed by atoms with Gasteiger partial charge in [-0.3, -0.25) is 9.91 Å². The lowest BCUT2D eigenvalue weighted by Gasteiger charge is -2.33. The summed E-state index contributed by atoms with van der Waals surface area (Å²) >= 11 is 0. The van der Waals surface area contributed by atoms with Crippen LogP contribution in [0.15, 0.2) is 102 Å². The second-order valence-electron chi connectivity index (χ2n) is 8.46.